The normalized spacial score (nSPS) is 10.4. The van der Waals surface area contributed by atoms with Gasteiger partial charge in [0, 0.05) is 15.3 Å². The molecule has 0 saturated carbocycles. The van der Waals surface area contributed by atoms with Crippen molar-refractivity contribution >= 4 is 17.3 Å². The summed E-state index contributed by atoms with van der Waals surface area (Å²) in [5.41, 5.74) is 2.26. The van der Waals surface area contributed by atoms with Gasteiger partial charge in [0.15, 0.2) is 0 Å². The number of thiophene rings is 1. The first-order chi connectivity index (χ1) is 9.75. The molecule has 2 aromatic carbocycles. The molecule has 1 aromatic heterocycles. The Balaban J connectivity index is 2.05. The molecule has 0 saturated heterocycles. The average Bonchev–Trinajstić information content (AvgIpc) is 2.98. The van der Waals surface area contributed by atoms with Crippen LogP contribution in [-0.4, -0.2) is 11.1 Å². The van der Waals surface area contributed by atoms with E-state index in [0.717, 1.165) is 20.9 Å². The van der Waals surface area contributed by atoms with Gasteiger partial charge < -0.3 is 5.11 Å². The minimum absolute atomic E-state index is 0.342. The Hall–Kier alpha value is -2.39. The van der Waals surface area contributed by atoms with E-state index in [2.05, 4.69) is 12.1 Å². The lowest BCUT2D eigenvalue weighted by molar-refractivity contribution is 0.0698. The monoisotopic (exact) mass is 280 g/mol. The maximum Gasteiger partial charge on any atom is 0.336 e. The largest absolute Gasteiger partial charge is 0.478 e. The van der Waals surface area contributed by atoms with Gasteiger partial charge in [-0.15, -0.1) is 11.3 Å². The lowest BCUT2D eigenvalue weighted by Crippen LogP contribution is -1.97. The van der Waals surface area contributed by atoms with Crippen molar-refractivity contribution in [2.24, 2.45) is 0 Å². The summed E-state index contributed by atoms with van der Waals surface area (Å²) in [6.45, 7) is 0. The van der Waals surface area contributed by atoms with Crippen LogP contribution in [0.25, 0.3) is 20.9 Å². The van der Waals surface area contributed by atoms with Gasteiger partial charge in [-0.1, -0.05) is 48.5 Å². The smallest absolute Gasteiger partial charge is 0.336 e. The second kappa shape index (κ2) is 5.31. The van der Waals surface area contributed by atoms with Crippen LogP contribution in [0.3, 0.4) is 0 Å². The van der Waals surface area contributed by atoms with E-state index in [0.29, 0.717) is 5.56 Å². The van der Waals surface area contributed by atoms with Gasteiger partial charge in [-0.3, -0.25) is 0 Å². The van der Waals surface area contributed by atoms with Crippen LogP contribution < -0.4 is 0 Å². The summed E-state index contributed by atoms with van der Waals surface area (Å²) >= 11 is 1.61. The van der Waals surface area contributed by atoms with Crippen LogP contribution in [0.4, 0.5) is 0 Å². The van der Waals surface area contributed by atoms with Crippen molar-refractivity contribution in [3.8, 4) is 20.9 Å². The van der Waals surface area contributed by atoms with E-state index in [4.69, 9.17) is 0 Å². The zero-order valence-electron chi connectivity index (χ0n) is 10.6. The van der Waals surface area contributed by atoms with Crippen LogP contribution in [0.15, 0.2) is 66.7 Å². The molecule has 0 radical (unpaired) electrons. The average molecular weight is 280 g/mol. The summed E-state index contributed by atoms with van der Waals surface area (Å²) in [4.78, 5) is 13.4. The molecule has 0 unspecified atom stereocenters. The zero-order chi connectivity index (χ0) is 13.9. The summed E-state index contributed by atoms with van der Waals surface area (Å²) in [5, 5.41) is 9.26. The van der Waals surface area contributed by atoms with E-state index in [1.165, 1.54) is 0 Å². The lowest BCUT2D eigenvalue weighted by Gasteiger charge is -2.02. The first-order valence-electron chi connectivity index (χ1n) is 6.23. The Morgan fingerprint density at radius 1 is 0.800 bits per heavy atom. The van der Waals surface area contributed by atoms with Crippen molar-refractivity contribution in [1.29, 1.82) is 0 Å². The minimum atomic E-state index is -0.893. The summed E-state index contributed by atoms with van der Waals surface area (Å²) < 4.78 is 0. The maximum atomic E-state index is 11.3. The van der Waals surface area contributed by atoms with Crippen LogP contribution in [0, 0.1) is 0 Å². The summed E-state index contributed by atoms with van der Waals surface area (Å²) in [6, 6.07) is 21.2. The molecule has 3 rings (SSSR count). The van der Waals surface area contributed by atoms with Crippen LogP contribution in [0.2, 0.25) is 0 Å². The Morgan fingerprint density at radius 3 is 2.20 bits per heavy atom. The van der Waals surface area contributed by atoms with Gasteiger partial charge in [-0.25, -0.2) is 4.79 Å². The number of rotatable bonds is 3. The van der Waals surface area contributed by atoms with Crippen LogP contribution in [0.1, 0.15) is 10.4 Å². The molecule has 0 aliphatic carbocycles. The highest BCUT2D eigenvalue weighted by Gasteiger charge is 2.12. The van der Waals surface area contributed by atoms with Crippen LogP contribution >= 0.6 is 11.3 Å². The van der Waals surface area contributed by atoms with Gasteiger partial charge in [0.25, 0.3) is 0 Å². The number of hydrogen-bond donors (Lipinski definition) is 1. The Kier molecular flexibility index (Phi) is 3.35. The second-order valence-electron chi connectivity index (χ2n) is 4.38. The summed E-state index contributed by atoms with van der Waals surface area (Å²) in [6.07, 6.45) is 0. The highest BCUT2D eigenvalue weighted by molar-refractivity contribution is 7.18. The van der Waals surface area contributed by atoms with Crippen LogP contribution in [-0.2, 0) is 0 Å². The molecule has 0 aliphatic rings. The molecule has 0 aliphatic heterocycles. The quantitative estimate of drug-likeness (QED) is 0.749. The van der Waals surface area contributed by atoms with Crippen LogP contribution in [0.5, 0.6) is 0 Å². The number of aromatic carboxylic acids is 1. The standard InChI is InChI=1S/C17H12O2S/c18-17(19)14-9-5-4-8-13(14)16-11-10-15(20-16)12-6-2-1-3-7-12/h1-11H,(H,18,19). The van der Waals surface area contributed by atoms with Crippen molar-refractivity contribution in [2.45, 2.75) is 0 Å². The molecule has 0 amide bonds. The topological polar surface area (TPSA) is 37.3 Å². The first-order valence-corrected chi connectivity index (χ1v) is 7.05. The first kappa shape index (κ1) is 12.6. The van der Waals surface area contributed by atoms with Crippen molar-refractivity contribution in [1.82, 2.24) is 0 Å². The molecule has 1 N–H and O–H groups in total. The second-order valence-corrected chi connectivity index (χ2v) is 5.46. The highest BCUT2D eigenvalue weighted by Crippen LogP contribution is 2.35. The SMILES string of the molecule is O=C(O)c1ccccc1-c1ccc(-c2ccccc2)s1. The van der Waals surface area contributed by atoms with Crippen molar-refractivity contribution in [3.05, 3.63) is 72.3 Å². The lowest BCUT2D eigenvalue weighted by atomic mass is 10.1. The van der Waals surface area contributed by atoms with E-state index in [1.807, 2.05) is 42.5 Å². The highest BCUT2D eigenvalue weighted by atomic mass is 32.1. The van der Waals surface area contributed by atoms with Gasteiger partial charge in [0.2, 0.25) is 0 Å². The van der Waals surface area contributed by atoms with E-state index >= 15 is 0 Å². The Labute approximate surface area is 121 Å². The van der Waals surface area contributed by atoms with Crippen molar-refractivity contribution in [2.75, 3.05) is 0 Å². The molecule has 20 heavy (non-hydrogen) atoms. The molecule has 3 heteroatoms. The fourth-order valence-electron chi connectivity index (χ4n) is 2.12. The molecular formula is C17H12O2S. The van der Waals surface area contributed by atoms with Gasteiger partial charge >= 0.3 is 5.97 Å². The molecular weight excluding hydrogens is 268 g/mol. The third-order valence-corrected chi connectivity index (χ3v) is 4.25. The van der Waals surface area contributed by atoms with Crippen molar-refractivity contribution in [3.63, 3.8) is 0 Å². The number of carboxylic acids is 1. The van der Waals surface area contributed by atoms with E-state index < -0.39 is 5.97 Å². The molecule has 1 heterocycles. The fourth-order valence-corrected chi connectivity index (χ4v) is 3.18. The Morgan fingerprint density at radius 2 is 1.45 bits per heavy atom. The third kappa shape index (κ3) is 2.36. The van der Waals surface area contributed by atoms with E-state index in [9.17, 15) is 9.90 Å². The Bertz CT molecular complexity index is 744. The van der Waals surface area contributed by atoms with Crippen molar-refractivity contribution < 1.29 is 9.90 Å². The van der Waals surface area contributed by atoms with Gasteiger partial charge in [0.1, 0.15) is 0 Å². The van der Waals surface area contributed by atoms with Gasteiger partial charge in [-0.2, -0.15) is 0 Å². The number of hydrogen-bond acceptors (Lipinski definition) is 2. The molecule has 0 fully saturated rings. The third-order valence-electron chi connectivity index (χ3n) is 3.09. The predicted molar refractivity (Wildman–Crippen MR) is 82.2 cm³/mol. The summed E-state index contributed by atoms with van der Waals surface area (Å²) in [5.74, 6) is -0.893. The van der Waals surface area contributed by atoms with E-state index in [1.54, 1.807) is 23.5 Å². The summed E-state index contributed by atoms with van der Waals surface area (Å²) in [7, 11) is 0. The molecule has 0 bridgehead atoms. The molecule has 2 nitrogen and oxygen atoms in total. The fraction of sp³-hybridized carbons (Fsp3) is 0. The predicted octanol–water partition coefficient (Wildman–Crippen LogP) is 4.78. The zero-order valence-corrected chi connectivity index (χ0v) is 11.4. The number of benzene rings is 2. The molecule has 3 aromatic rings. The number of carboxylic acid groups (broad SMARTS) is 1. The molecule has 0 atom stereocenters. The van der Waals surface area contributed by atoms with Gasteiger partial charge in [0.05, 0.1) is 5.56 Å². The molecule has 0 spiro atoms. The molecule has 98 valence electrons. The number of carbonyl (C=O) groups is 1. The minimum Gasteiger partial charge on any atom is -0.478 e. The van der Waals surface area contributed by atoms with Gasteiger partial charge in [-0.05, 0) is 23.8 Å². The van der Waals surface area contributed by atoms with E-state index in [-0.39, 0.29) is 0 Å². The maximum absolute atomic E-state index is 11.3.